The van der Waals surface area contributed by atoms with E-state index in [1.54, 1.807) is 16.9 Å². The third-order valence-electron chi connectivity index (χ3n) is 1.94. The number of carbonyl (C=O) groups is 1. The second kappa shape index (κ2) is 4.57. The summed E-state index contributed by atoms with van der Waals surface area (Å²) >= 11 is 0. The highest BCUT2D eigenvalue weighted by Gasteiger charge is 2.16. The molecule has 1 heterocycles. The smallest absolute Gasteiger partial charge is 0.206 e. The molecule has 0 atom stereocenters. The van der Waals surface area contributed by atoms with Crippen molar-refractivity contribution >= 4 is 5.78 Å². The summed E-state index contributed by atoms with van der Waals surface area (Å²) < 4.78 is 7.10. The number of rotatable bonds is 4. The van der Waals surface area contributed by atoms with Gasteiger partial charge in [0.25, 0.3) is 0 Å². The van der Waals surface area contributed by atoms with Crippen LogP contribution in [0.4, 0.5) is 0 Å². The number of hydrogen-bond donors (Lipinski definition) is 0. The molecule has 0 aliphatic carbocycles. The van der Waals surface area contributed by atoms with Gasteiger partial charge in [0.1, 0.15) is 12.3 Å². The summed E-state index contributed by atoms with van der Waals surface area (Å²) in [5.74, 6) is -0.0238. The van der Waals surface area contributed by atoms with Gasteiger partial charge < -0.3 is 4.74 Å². The standard InChI is InChI=1S/C11H18N2O2/c1-5-13-9(6-7-12-13)10(14)8-15-11(2,3)4/h6-7H,5,8H2,1-4H3. The molecule has 0 N–H and O–H groups in total. The molecule has 4 heteroatoms. The van der Waals surface area contributed by atoms with Crippen LogP contribution >= 0.6 is 0 Å². The van der Waals surface area contributed by atoms with Crippen molar-refractivity contribution in [1.29, 1.82) is 0 Å². The minimum atomic E-state index is -0.285. The molecule has 0 amide bonds. The van der Waals surface area contributed by atoms with E-state index in [0.29, 0.717) is 12.2 Å². The molecule has 1 aromatic rings. The second-order valence-electron chi connectivity index (χ2n) is 4.36. The summed E-state index contributed by atoms with van der Waals surface area (Å²) in [7, 11) is 0. The predicted molar refractivity (Wildman–Crippen MR) is 57.9 cm³/mol. The summed E-state index contributed by atoms with van der Waals surface area (Å²) in [5, 5.41) is 4.04. The Morgan fingerprint density at radius 2 is 2.20 bits per heavy atom. The Morgan fingerprint density at radius 3 is 2.73 bits per heavy atom. The van der Waals surface area contributed by atoms with Crippen molar-refractivity contribution in [1.82, 2.24) is 9.78 Å². The molecule has 84 valence electrons. The van der Waals surface area contributed by atoms with Gasteiger partial charge in [-0.25, -0.2) is 0 Å². The van der Waals surface area contributed by atoms with Crippen molar-refractivity contribution in [3.05, 3.63) is 18.0 Å². The third kappa shape index (κ3) is 3.47. The predicted octanol–water partition coefficient (Wildman–Crippen LogP) is 1.90. The molecular weight excluding hydrogens is 192 g/mol. The van der Waals surface area contributed by atoms with E-state index in [4.69, 9.17) is 4.74 Å². The minimum Gasteiger partial charge on any atom is -0.368 e. The van der Waals surface area contributed by atoms with Crippen molar-refractivity contribution < 1.29 is 9.53 Å². The lowest BCUT2D eigenvalue weighted by Gasteiger charge is -2.18. The first-order valence-electron chi connectivity index (χ1n) is 5.13. The Morgan fingerprint density at radius 1 is 1.53 bits per heavy atom. The van der Waals surface area contributed by atoms with E-state index in [-0.39, 0.29) is 18.0 Å². The van der Waals surface area contributed by atoms with Gasteiger partial charge >= 0.3 is 0 Å². The van der Waals surface area contributed by atoms with Gasteiger partial charge in [-0.15, -0.1) is 0 Å². The SMILES string of the molecule is CCn1nccc1C(=O)COC(C)(C)C. The quantitative estimate of drug-likeness (QED) is 0.713. The average molecular weight is 210 g/mol. The highest BCUT2D eigenvalue weighted by atomic mass is 16.5. The van der Waals surface area contributed by atoms with Crippen LogP contribution in [0.1, 0.15) is 38.2 Å². The van der Waals surface area contributed by atoms with Crippen molar-refractivity contribution in [2.24, 2.45) is 0 Å². The highest BCUT2D eigenvalue weighted by molar-refractivity contribution is 5.95. The molecule has 4 nitrogen and oxygen atoms in total. The number of aryl methyl sites for hydroxylation is 1. The summed E-state index contributed by atoms with van der Waals surface area (Å²) in [5.41, 5.74) is 0.328. The van der Waals surface area contributed by atoms with E-state index in [0.717, 1.165) is 0 Å². The van der Waals surface area contributed by atoms with Crippen LogP contribution in [0.15, 0.2) is 12.3 Å². The van der Waals surface area contributed by atoms with Gasteiger partial charge in [0, 0.05) is 12.7 Å². The third-order valence-corrected chi connectivity index (χ3v) is 1.94. The topological polar surface area (TPSA) is 44.1 Å². The van der Waals surface area contributed by atoms with Crippen LogP contribution in [0.3, 0.4) is 0 Å². The van der Waals surface area contributed by atoms with Crippen molar-refractivity contribution in [3.63, 3.8) is 0 Å². The van der Waals surface area contributed by atoms with Crippen molar-refractivity contribution in [2.75, 3.05) is 6.61 Å². The zero-order valence-electron chi connectivity index (χ0n) is 9.78. The van der Waals surface area contributed by atoms with E-state index in [9.17, 15) is 4.79 Å². The number of nitrogens with zero attached hydrogens (tertiary/aromatic N) is 2. The largest absolute Gasteiger partial charge is 0.368 e. The Labute approximate surface area is 90.2 Å². The molecule has 0 aliphatic rings. The fraction of sp³-hybridized carbons (Fsp3) is 0.636. The van der Waals surface area contributed by atoms with Crippen molar-refractivity contribution in [2.45, 2.75) is 39.8 Å². The lowest BCUT2D eigenvalue weighted by atomic mass is 10.2. The Hall–Kier alpha value is -1.16. The second-order valence-corrected chi connectivity index (χ2v) is 4.36. The first-order chi connectivity index (χ1) is 6.94. The number of hydrogen-bond acceptors (Lipinski definition) is 3. The van der Waals surface area contributed by atoms with E-state index in [2.05, 4.69) is 5.10 Å². The number of carbonyl (C=O) groups excluding carboxylic acids is 1. The Kier molecular flexibility index (Phi) is 3.63. The maximum Gasteiger partial charge on any atom is 0.206 e. The Balaban J connectivity index is 2.62. The molecule has 0 aliphatic heterocycles. The maximum atomic E-state index is 11.7. The number of aromatic nitrogens is 2. The number of ketones is 1. The van der Waals surface area contributed by atoms with Crippen LogP contribution in [0.5, 0.6) is 0 Å². The summed E-state index contributed by atoms with van der Waals surface area (Å²) in [6, 6.07) is 1.72. The average Bonchev–Trinajstić information content (AvgIpc) is 2.60. The van der Waals surface area contributed by atoms with Crippen LogP contribution in [0.2, 0.25) is 0 Å². The lowest BCUT2D eigenvalue weighted by Crippen LogP contribution is -2.25. The summed E-state index contributed by atoms with van der Waals surface area (Å²) in [4.78, 5) is 11.7. The van der Waals surface area contributed by atoms with Crippen LogP contribution < -0.4 is 0 Å². The molecule has 0 aromatic carbocycles. The lowest BCUT2D eigenvalue weighted by molar-refractivity contribution is 0.00265. The van der Waals surface area contributed by atoms with Gasteiger partial charge in [0.2, 0.25) is 5.78 Å². The van der Waals surface area contributed by atoms with Crippen LogP contribution in [-0.4, -0.2) is 27.8 Å². The molecule has 0 spiro atoms. The molecule has 0 saturated heterocycles. The zero-order valence-corrected chi connectivity index (χ0v) is 9.78. The van der Waals surface area contributed by atoms with Gasteiger partial charge in [0.15, 0.2) is 0 Å². The minimum absolute atomic E-state index is 0.0238. The normalized spacial score (nSPS) is 11.7. The summed E-state index contributed by atoms with van der Waals surface area (Å²) in [6.45, 7) is 8.54. The fourth-order valence-corrected chi connectivity index (χ4v) is 1.18. The molecule has 0 fully saturated rings. The van der Waals surface area contributed by atoms with Gasteiger partial charge in [-0.3, -0.25) is 9.48 Å². The molecule has 0 saturated carbocycles. The molecule has 1 rings (SSSR count). The summed E-state index contributed by atoms with van der Waals surface area (Å²) in [6.07, 6.45) is 1.63. The van der Waals surface area contributed by atoms with Gasteiger partial charge in [-0.1, -0.05) is 0 Å². The first kappa shape index (κ1) is 11.9. The van der Waals surface area contributed by atoms with Crippen LogP contribution in [0, 0.1) is 0 Å². The molecular formula is C11H18N2O2. The molecule has 0 bridgehead atoms. The fourth-order valence-electron chi connectivity index (χ4n) is 1.18. The van der Waals surface area contributed by atoms with Gasteiger partial charge in [0.05, 0.1) is 5.60 Å². The number of ether oxygens (including phenoxy) is 1. The van der Waals surface area contributed by atoms with Gasteiger partial charge in [-0.05, 0) is 33.8 Å². The zero-order chi connectivity index (χ0) is 11.5. The van der Waals surface area contributed by atoms with Crippen molar-refractivity contribution in [3.8, 4) is 0 Å². The van der Waals surface area contributed by atoms with E-state index >= 15 is 0 Å². The van der Waals surface area contributed by atoms with E-state index < -0.39 is 0 Å². The molecule has 0 unspecified atom stereocenters. The van der Waals surface area contributed by atoms with Crippen LogP contribution in [-0.2, 0) is 11.3 Å². The molecule has 0 radical (unpaired) electrons. The molecule has 15 heavy (non-hydrogen) atoms. The monoisotopic (exact) mass is 210 g/mol. The molecule has 1 aromatic heterocycles. The maximum absolute atomic E-state index is 11.7. The van der Waals surface area contributed by atoms with Crippen LogP contribution in [0.25, 0.3) is 0 Å². The highest BCUT2D eigenvalue weighted by Crippen LogP contribution is 2.08. The van der Waals surface area contributed by atoms with E-state index in [1.165, 1.54) is 0 Å². The van der Waals surface area contributed by atoms with E-state index in [1.807, 2.05) is 27.7 Å². The van der Waals surface area contributed by atoms with Gasteiger partial charge in [-0.2, -0.15) is 5.10 Å². The number of Topliss-reactive ketones (excluding diaryl/α,β-unsaturated/α-hetero) is 1. The first-order valence-corrected chi connectivity index (χ1v) is 5.13. The Bertz CT molecular complexity index is 337.